The van der Waals surface area contributed by atoms with Crippen LogP contribution in [0.25, 0.3) is 0 Å². The molecule has 1 aliphatic carbocycles. The van der Waals surface area contributed by atoms with Crippen LogP contribution in [0.15, 0.2) is 36.4 Å². The van der Waals surface area contributed by atoms with E-state index < -0.39 is 29.6 Å². The average Bonchev–Trinajstić information content (AvgIpc) is 3.53. The summed E-state index contributed by atoms with van der Waals surface area (Å²) in [6.45, 7) is 9.10. The van der Waals surface area contributed by atoms with Crippen LogP contribution in [-0.2, 0) is 19.1 Å². The molecule has 8 atom stereocenters. The number of carbonyl (C=O) groups is 3. The first-order valence-corrected chi connectivity index (χ1v) is 14.1. The Morgan fingerprint density at radius 1 is 1.16 bits per heavy atom. The summed E-state index contributed by atoms with van der Waals surface area (Å²) in [6, 6.07) is 6.37. The molecule has 1 saturated carbocycles. The minimum absolute atomic E-state index is 0.0699. The third-order valence-corrected chi connectivity index (χ3v) is 9.26. The summed E-state index contributed by atoms with van der Waals surface area (Å²) in [4.78, 5) is 43.2. The van der Waals surface area contributed by atoms with Crippen molar-refractivity contribution in [2.45, 2.75) is 77.2 Å². The molecule has 2 N–H and O–H groups in total. The Labute approximate surface area is 225 Å². The Bertz CT molecular complexity index is 1100. The molecule has 2 saturated heterocycles. The van der Waals surface area contributed by atoms with Gasteiger partial charge in [-0.2, -0.15) is 0 Å². The summed E-state index contributed by atoms with van der Waals surface area (Å²) in [5.41, 5.74) is -0.512. The van der Waals surface area contributed by atoms with Gasteiger partial charge in [0.2, 0.25) is 17.7 Å². The highest BCUT2D eigenvalue weighted by atomic mass is 16.5. The number of nitrogens with zero attached hydrogens (tertiary/aromatic N) is 1. The van der Waals surface area contributed by atoms with Crippen LogP contribution in [0.1, 0.15) is 53.4 Å². The van der Waals surface area contributed by atoms with Gasteiger partial charge in [0.05, 0.1) is 25.0 Å². The topological polar surface area (TPSA) is 97.0 Å². The zero-order valence-electron chi connectivity index (χ0n) is 23.1. The number of nitrogens with one attached hydrogen (secondary N) is 2. The SMILES string of the molecule is COc1ccc(NC(=O)[C@H]2[C@H]3C=C[C@@]4(O3)[C@H]2C(=O)N(CCC(C)C)[C@@H]4C(=O)N[C@@H]2CCC[C@H](C)[C@H]2C)cc1. The Hall–Kier alpha value is -2.87. The minimum atomic E-state index is -1.13. The van der Waals surface area contributed by atoms with Crippen molar-refractivity contribution in [2.75, 3.05) is 19.0 Å². The van der Waals surface area contributed by atoms with Crippen molar-refractivity contribution in [1.82, 2.24) is 10.2 Å². The smallest absolute Gasteiger partial charge is 0.246 e. The van der Waals surface area contributed by atoms with Gasteiger partial charge in [-0.15, -0.1) is 0 Å². The summed E-state index contributed by atoms with van der Waals surface area (Å²) >= 11 is 0. The van der Waals surface area contributed by atoms with E-state index in [4.69, 9.17) is 9.47 Å². The number of hydrogen-bond acceptors (Lipinski definition) is 5. The van der Waals surface area contributed by atoms with Crippen molar-refractivity contribution >= 4 is 23.4 Å². The van der Waals surface area contributed by atoms with E-state index in [0.29, 0.717) is 35.7 Å². The van der Waals surface area contributed by atoms with Crippen LogP contribution in [0.5, 0.6) is 5.75 Å². The number of fused-ring (bicyclic) bond motifs is 1. The van der Waals surface area contributed by atoms with E-state index in [1.54, 1.807) is 36.3 Å². The van der Waals surface area contributed by atoms with Crippen molar-refractivity contribution in [1.29, 1.82) is 0 Å². The van der Waals surface area contributed by atoms with Gasteiger partial charge in [-0.05, 0) is 54.9 Å². The lowest BCUT2D eigenvalue weighted by Crippen LogP contribution is -2.58. The second kappa shape index (κ2) is 10.4. The van der Waals surface area contributed by atoms with Crippen LogP contribution in [0.2, 0.25) is 0 Å². The largest absolute Gasteiger partial charge is 0.497 e. The Balaban J connectivity index is 1.41. The number of carbonyl (C=O) groups excluding carboxylic acids is 3. The van der Waals surface area contributed by atoms with Crippen LogP contribution >= 0.6 is 0 Å². The van der Waals surface area contributed by atoms with E-state index in [1.165, 1.54) is 6.42 Å². The second-order valence-corrected chi connectivity index (χ2v) is 12.0. The Morgan fingerprint density at radius 2 is 1.89 bits per heavy atom. The van der Waals surface area contributed by atoms with E-state index in [9.17, 15) is 14.4 Å². The fraction of sp³-hybridized carbons (Fsp3) is 0.633. The molecule has 4 aliphatic rings. The number of hydrogen-bond donors (Lipinski definition) is 2. The summed E-state index contributed by atoms with van der Waals surface area (Å²) in [5, 5.41) is 6.26. The van der Waals surface area contributed by atoms with Gasteiger partial charge in [0.1, 0.15) is 17.4 Å². The summed E-state index contributed by atoms with van der Waals surface area (Å²) < 4.78 is 11.7. The first-order chi connectivity index (χ1) is 18.2. The normalized spacial score (nSPS) is 35.5. The molecule has 0 radical (unpaired) electrons. The molecular formula is C30H41N3O5. The molecule has 0 aromatic heterocycles. The molecule has 2 bridgehead atoms. The monoisotopic (exact) mass is 523 g/mol. The van der Waals surface area contributed by atoms with Gasteiger partial charge < -0.3 is 25.0 Å². The van der Waals surface area contributed by atoms with Gasteiger partial charge in [-0.25, -0.2) is 0 Å². The summed E-state index contributed by atoms with van der Waals surface area (Å²) in [5.74, 6) is -0.0997. The lowest BCUT2D eigenvalue weighted by molar-refractivity contribution is -0.141. The van der Waals surface area contributed by atoms with Crippen molar-refractivity contribution in [3.05, 3.63) is 36.4 Å². The van der Waals surface area contributed by atoms with E-state index in [2.05, 4.69) is 38.3 Å². The second-order valence-electron chi connectivity index (χ2n) is 12.0. The molecule has 206 valence electrons. The quantitative estimate of drug-likeness (QED) is 0.506. The number of amides is 3. The lowest BCUT2D eigenvalue weighted by Gasteiger charge is -2.38. The highest BCUT2D eigenvalue weighted by Gasteiger charge is 2.72. The molecule has 8 nitrogen and oxygen atoms in total. The van der Waals surface area contributed by atoms with Gasteiger partial charge in [0.15, 0.2) is 0 Å². The fourth-order valence-corrected chi connectivity index (χ4v) is 6.85. The van der Waals surface area contributed by atoms with Crippen molar-refractivity contribution < 1.29 is 23.9 Å². The molecule has 3 amide bonds. The highest BCUT2D eigenvalue weighted by Crippen LogP contribution is 2.55. The van der Waals surface area contributed by atoms with E-state index in [1.807, 2.05) is 12.2 Å². The molecule has 0 unspecified atom stereocenters. The van der Waals surface area contributed by atoms with Crippen LogP contribution in [-0.4, -0.2) is 60.1 Å². The van der Waals surface area contributed by atoms with Gasteiger partial charge >= 0.3 is 0 Å². The number of ether oxygens (including phenoxy) is 2. The van der Waals surface area contributed by atoms with E-state index in [-0.39, 0.29) is 23.8 Å². The van der Waals surface area contributed by atoms with Gasteiger partial charge in [-0.1, -0.05) is 52.7 Å². The van der Waals surface area contributed by atoms with Crippen molar-refractivity contribution in [2.24, 2.45) is 29.6 Å². The molecule has 3 aliphatic heterocycles. The summed E-state index contributed by atoms with van der Waals surface area (Å²) in [7, 11) is 1.59. The third-order valence-electron chi connectivity index (χ3n) is 9.26. The first kappa shape index (κ1) is 26.7. The molecule has 5 rings (SSSR count). The zero-order valence-corrected chi connectivity index (χ0v) is 23.1. The minimum Gasteiger partial charge on any atom is -0.497 e. The third kappa shape index (κ3) is 4.51. The summed E-state index contributed by atoms with van der Waals surface area (Å²) in [6.07, 6.45) is 7.15. The van der Waals surface area contributed by atoms with Crippen LogP contribution in [0, 0.1) is 29.6 Å². The molecule has 3 fully saturated rings. The molecule has 8 heteroatoms. The predicted molar refractivity (Wildman–Crippen MR) is 144 cm³/mol. The maximum atomic E-state index is 14.0. The average molecular weight is 524 g/mol. The number of likely N-dealkylation sites (tertiary alicyclic amines) is 1. The van der Waals surface area contributed by atoms with Crippen LogP contribution in [0.4, 0.5) is 5.69 Å². The molecule has 1 aromatic carbocycles. The lowest BCUT2D eigenvalue weighted by atomic mass is 9.73. The number of methoxy groups -OCH3 is 1. The van der Waals surface area contributed by atoms with Gasteiger partial charge in [-0.3, -0.25) is 14.4 Å². The first-order valence-electron chi connectivity index (χ1n) is 14.1. The van der Waals surface area contributed by atoms with Gasteiger partial charge in [0, 0.05) is 18.3 Å². The molecule has 1 aromatic rings. The molecular weight excluding hydrogens is 482 g/mol. The molecule has 1 spiro atoms. The predicted octanol–water partition coefficient (Wildman–Crippen LogP) is 3.77. The van der Waals surface area contributed by atoms with E-state index >= 15 is 0 Å². The fourth-order valence-electron chi connectivity index (χ4n) is 6.85. The Morgan fingerprint density at radius 3 is 2.58 bits per heavy atom. The maximum Gasteiger partial charge on any atom is 0.246 e. The van der Waals surface area contributed by atoms with Crippen molar-refractivity contribution in [3.63, 3.8) is 0 Å². The van der Waals surface area contributed by atoms with Crippen molar-refractivity contribution in [3.8, 4) is 5.75 Å². The number of rotatable bonds is 8. The number of anilines is 1. The van der Waals surface area contributed by atoms with E-state index in [0.717, 1.165) is 19.3 Å². The standard InChI is InChI=1S/C30H41N3O5/c1-17(2)14-16-33-26(28(35)32-22-8-6-7-18(3)19(22)4)30-15-13-23(38-30)24(25(30)29(33)36)27(34)31-20-9-11-21(37-5)12-10-20/h9-13,15,17-19,22-26H,6-8,14,16H2,1-5H3,(H,31,34)(H,32,35)/t18-,19+,22+,23+,24-,25+,26+,30+/m0/s1. The van der Waals surface area contributed by atoms with Gasteiger partial charge in [0.25, 0.3) is 0 Å². The number of benzene rings is 1. The molecule has 3 heterocycles. The molecule has 38 heavy (non-hydrogen) atoms. The van der Waals surface area contributed by atoms with Crippen LogP contribution < -0.4 is 15.4 Å². The maximum absolute atomic E-state index is 14.0. The highest BCUT2D eigenvalue weighted by molar-refractivity contribution is 6.02. The van der Waals surface area contributed by atoms with Crippen LogP contribution in [0.3, 0.4) is 0 Å². The zero-order chi connectivity index (χ0) is 27.2. The Kier molecular flexibility index (Phi) is 7.29.